The van der Waals surface area contributed by atoms with Crippen LogP contribution in [0, 0.1) is 0 Å². The average Bonchev–Trinajstić information content (AvgIpc) is 2.45. The molecule has 0 spiro atoms. The van der Waals surface area contributed by atoms with Gasteiger partial charge in [0, 0.05) is 12.6 Å². The van der Waals surface area contributed by atoms with Crippen molar-refractivity contribution in [2.24, 2.45) is 0 Å². The summed E-state index contributed by atoms with van der Waals surface area (Å²) in [7, 11) is 0. The van der Waals surface area contributed by atoms with Gasteiger partial charge in [-0.3, -0.25) is 0 Å². The highest BCUT2D eigenvalue weighted by atomic mass is 16.1. The topological polar surface area (TPSA) is 41.1 Å². The van der Waals surface area contributed by atoms with Crippen LogP contribution < -0.4 is 10.6 Å². The quantitative estimate of drug-likeness (QED) is 0.408. The van der Waals surface area contributed by atoms with Crippen LogP contribution in [-0.4, -0.2) is 24.6 Å². The zero-order valence-electron chi connectivity index (χ0n) is 4.98. The van der Waals surface area contributed by atoms with E-state index in [-0.39, 0.29) is 6.04 Å². The van der Waals surface area contributed by atoms with Gasteiger partial charge in [0.25, 0.3) is 0 Å². The Kier molecular flexibility index (Phi) is 0.891. The van der Waals surface area contributed by atoms with Crippen LogP contribution in [0.4, 0.5) is 0 Å². The summed E-state index contributed by atoms with van der Waals surface area (Å²) in [6.07, 6.45) is 1.06. The molecule has 0 aromatic carbocycles. The number of carbonyl (C=O) groups excluding carboxylic acids is 1. The molecule has 2 aliphatic rings. The SMILES string of the molecule is O=C=C1N[C@H]2CN[C@@H]1C2. The number of fused-ring (bicyclic) bond motifs is 2. The second kappa shape index (κ2) is 1.59. The lowest BCUT2D eigenvalue weighted by atomic mass is 10.2. The summed E-state index contributed by atoms with van der Waals surface area (Å²) in [5.74, 6) is 1.89. The Morgan fingerprint density at radius 2 is 2.56 bits per heavy atom. The van der Waals surface area contributed by atoms with Crippen LogP contribution in [0.1, 0.15) is 6.42 Å². The van der Waals surface area contributed by atoms with Crippen molar-refractivity contribution in [3.05, 3.63) is 5.70 Å². The molecule has 3 nitrogen and oxygen atoms in total. The van der Waals surface area contributed by atoms with Crippen LogP contribution in [0.3, 0.4) is 0 Å². The minimum absolute atomic E-state index is 0.285. The van der Waals surface area contributed by atoms with Gasteiger partial charge in [-0.05, 0) is 6.42 Å². The lowest BCUT2D eigenvalue weighted by molar-refractivity contribution is 0.549. The van der Waals surface area contributed by atoms with Crippen molar-refractivity contribution < 1.29 is 4.79 Å². The fourth-order valence-corrected chi connectivity index (χ4v) is 1.49. The largest absolute Gasteiger partial charge is 0.374 e. The Morgan fingerprint density at radius 3 is 2.89 bits per heavy atom. The van der Waals surface area contributed by atoms with Crippen LogP contribution in [-0.2, 0) is 4.79 Å². The minimum Gasteiger partial charge on any atom is -0.374 e. The Balaban J connectivity index is 2.28. The second-order valence-corrected chi connectivity index (χ2v) is 2.55. The van der Waals surface area contributed by atoms with Gasteiger partial charge >= 0.3 is 0 Å². The molecule has 2 heterocycles. The van der Waals surface area contributed by atoms with Gasteiger partial charge < -0.3 is 10.6 Å². The Labute approximate surface area is 53.1 Å². The molecule has 0 aromatic rings. The molecule has 2 N–H and O–H groups in total. The average molecular weight is 124 g/mol. The zero-order chi connectivity index (χ0) is 6.27. The van der Waals surface area contributed by atoms with E-state index in [0.29, 0.717) is 11.7 Å². The van der Waals surface area contributed by atoms with Crippen LogP contribution in [0.15, 0.2) is 5.70 Å². The first-order valence-corrected chi connectivity index (χ1v) is 3.15. The van der Waals surface area contributed by atoms with Gasteiger partial charge in [-0.1, -0.05) is 0 Å². The van der Waals surface area contributed by atoms with Crippen molar-refractivity contribution in [3.8, 4) is 0 Å². The maximum atomic E-state index is 10.1. The molecule has 2 aliphatic heterocycles. The highest BCUT2D eigenvalue weighted by Crippen LogP contribution is 2.19. The normalized spacial score (nSPS) is 38.4. The van der Waals surface area contributed by atoms with Gasteiger partial charge in [0.05, 0.1) is 6.04 Å². The van der Waals surface area contributed by atoms with Crippen molar-refractivity contribution in [1.82, 2.24) is 10.6 Å². The molecule has 2 rings (SSSR count). The van der Waals surface area contributed by atoms with Gasteiger partial charge in [0.2, 0.25) is 0 Å². The van der Waals surface area contributed by atoms with Crippen molar-refractivity contribution >= 4 is 5.94 Å². The molecule has 2 bridgehead atoms. The molecule has 0 amide bonds. The van der Waals surface area contributed by atoms with Gasteiger partial charge in [-0.2, -0.15) is 0 Å². The van der Waals surface area contributed by atoms with E-state index >= 15 is 0 Å². The molecular weight excluding hydrogens is 116 g/mol. The molecule has 0 unspecified atom stereocenters. The van der Waals surface area contributed by atoms with E-state index in [0.717, 1.165) is 13.0 Å². The summed E-state index contributed by atoms with van der Waals surface area (Å²) in [5.41, 5.74) is 0.714. The molecule has 48 valence electrons. The standard InChI is InChI=1S/C6H8N2O/c9-3-6-5-1-4(8-6)2-7-5/h4-5,7-8H,1-2H2/t4-,5-/m1/s1. The Bertz CT molecular complexity index is 183. The highest BCUT2D eigenvalue weighted by molar-refractivity contribution is 5.55. The first-order valence-electron chi connectivity index (χ1n) is 3.15. The smallest absolute Gasteiger partial charge is 0.147 e. The summed E-state index contributed by atoms with van der Waals surface area (Å²) in [4.78, 5) is 10.1. The van der Waals surface area contributed by atoms with Crippen molar-refractivity contribution in [2.75, 3.05) is 6.54 Å². The van der Waals surface area contributed by atoms with Crippen LogP contribution >= 0.6 is 0 Å². The Morgan fingerprint density at radius 1 is 1.67 bits per heavy atom. The number of hydrogen-bond acceptors (Lipinski definition) is 3. The molecular formula is C6H8N2O. The fourth-order valence-electron chi connectivity index (χ4n) is 1.49. The van der Waals surface area contributed by atoms with Crippen LogP contribution in [0.2, 0.25) is 0 Å². The highest BCUT2D eigenvalue weighted by Gasteiger charge is 2.35. The maximum Gasteiger partial charge on any atom is 0.147 e. The molecule has 2 atom stereocenters. The molecule has 3 heteroatoms. The van der Waals surface area contributed by atoms with Crippen molar-refractivity contribution in [1.29, 1.82) is 0 Å². The summed E-state index contributed by atoms with van der Waals surface area (Å²) < 4.78 is 0. The van der Waals surface area contributed by atoms with Gasteiger partial charge in [0.15, 0.2) is 0 Å². The van der Waals surface area contributed by atoms with E-state index in [1.807, 2.05) is 5.94 Å². The van der Waals surface area contributed by atoms with Gasteiger partial charge in [-0.15, -0.1) is 0 Å². The number of nitrogens with one attached hydrogen (secondary N) is 2. The van der Waals surface area contributed by atoms with Gasteiger partial charge in [-0.25, -0.2) is 4.79 Å². The molecule has 2 fully saturated rings. The summed E-state index contributed by atoms with van der Waals surface area (Å²) in [6.45, 7) is 0.996. The maximum absolute atomic E-state index is 10.1. The summed E-state index contributed by atoms with van der Waals surface area (Å²) in [6, 6.07) is 0.777. The molecule has 2 saturated heterocycles. The van der Waals surface area contributed by atoms with Gasteiger partial charge in [0.1, 0.15) is 11.6 Å². The monoisotopic (exact) mass is 124 g/mol. The van der Waals surface area contributed by atoms with Crippen molar-refractivity contribution in [2.45, 2.75) is 18.5 Å². The lowest BCUT2D eigenvalue weighted by Crippen LogP contribution is -2.38. The predicted octanol–water partition coefficient (Wildman–Crippen LogP) is -0.964. The molecule has 9 heavy (non-hydrogen) atoms. The minimum atomic E-state index is 0.285. The summed E-state index contributed by atoms with van der Waals surface area (Å²) in [5, 5.41) is 6.27. The fraction of sp³-hybridized carbons (Fsp3) is 0.667. The molecule has 0 saturated carbocycles. The molecule has 0 radical (unpaired) electrons. The van der Waals surface area contributed by atoms with E-state index in [1.165, 1.54) is 0 Å². The second-order valence-electron chi connectivity index (χ2n) is 2.55. The first-order chi connectivity index (χ1) is 4.40. The zero-order valence-corrected chi connectivity index (χ0v) is 4.98. The summed E-state index contributed by atoms with van der Waals surface area (Å²) >= 11 is 0. The number of rotatable bonds is 0. The first kappa shape index (κ1) is 5.03. The van der Waals surface area contributed by atoms with E-state index in [1.54, 1.807) is 0 Å². The number of hydrogen-bond donors (Lipinski definition) is 2. The van der Waals surface area contributed by atoms with E-state index in [4.69, 9.17) is 0 Å². The third kappa shape index (κ3) is 0.590. The predicted molar refractivity (Wildman–Crippen MR) is 32.5 cm³/mol. The molecule has 0 aliphatic carbocycles. The van der Waals surface area contributed by atoms with E-state index < -0.39 is 0 Å². The van der Waals surface area contributed by atoms with E-state index in [2.05, 4.69) is 10.6 Å². The Hall–Kier alpha value is -0.790. The molecule has 0 aromatic heterocycles. The van der Waals surface area contributed by atoms with Crippen LogP contribution in [0.5, 0.6) is 0 Å². The third-order valence-corrected chi connectivity index (χ3v) is 1.95. The van der Waals surface area contributed by atoms with Crippen molar-refractivity contribution in [3.63, 3.8) is 0 Å². The van der Waals surface area contributed by atoms with Crippen LogP contribution in [0.25, 0.3) is 0 Å². The third-order valence-electron chi connectivity index (χ3n) is 1.95. The number of piperazine rings is 1. The van der Waals surface area contributed by atoms with E-state index in [9.17, 15) is 4.79 Å². The lowest BCUT2D eigenvalue weighted by Gasteiger charge is -2.13.